The van der Waals surface area contributed by atoms with Gasteiger partial charge in [0.05, 0.1) is 17.8 Å². The molecule has 41 heavy (non-hydrogen) atoms. The maximum atomic E-state index is 14.6. The van der Waals surface area contributed by atoms with Crippen LogP contribution in [-0.2, 0) is 18.0 Å². The Bertz CT molecular complexity index is 1550. The number of halogens is 4. The zero-order valence-corrected chi connectivity index (χ0v) is 24.1. The Morgan fingerprint density at radius 2 is 1.83 bits per heavy atom. The molecular formula is C27H31F4N5O4Si. The maximum absolute atomic E-state index is 14.6. The second kappa shape index (κ2) is 11.1. The predicted molar refractivity (Wildman–Crippen MR) is 146 cm³/mol. The fourth-order valence-electron chi connectivity index (χ4n) is 4.81. The number of rotatable bonds is 10. The van der Waals surface area contributed by atoms with E-state index in [2.05, 4.69) is 34.7 Å². The lowest BCUT2D eigenvalue weighted by Gasteiger charge is -2.29. The van der Waals surface area contributed by atoms with Crippen molar-refractivity contribution >= 4 is 19.1 Å². The Kier molecular flexibility index (Phi) is 7.83. The first-order valence-electron chi connectivity index (χ1n) is 13.1. The molecule has 4 aromatic rings. The van der Waals surface area contributed by atoms with Gasteiger partial charge >= 0.3 is 6.61 Å². The second-order valence-electron chi connectivity index (χ2n) is 11.4. The van der Waals surface area contributed by atoms with E-state index in [-0.39, 0.29) is 54.0 Å². The number of alkyl halides is 4. The summed E-state index contributed by atoms with van der Waals surface area (Å²) in [7, 11) is -1.45. The molecule has 0 saturated heterocycles. The molecule has 0 bridgehead atoms. The molecular weight excluding hydrogens is 562 g/mol. The van der Waals surface area contributed by atoms with Crippen LogP contribution in [0.2, 0.25) is 25.7 Å². The molecule has 220 valence electrons. The Morgan fingerprint density at radius 1 is 1.10 bits per heavy atom. The smallest absolute Gasteiger partial charge is 0.388 e. The molecule has 4 aromatic heterocycles. The Balaban J connectivity index is 1.81. The highest BCUT2D eigenvalue weighted by Gasteiger charge is 2.38. The van der Waals surface area contributed by atoms with Gasteiger partial charge in [0.2, 0.25) is 11.8 Å². The van der Waals surface area contributed by atoms with Crippen molar-refractivity contribution in [1.82, 2.24) is 24.3 Å². The van der Waals surface area contributed by atoms with Gasteiger partial charge in [-0.05, 0) is 37.2 Å². The molecule has 1 aliphatic rings. The Hall–Kier alpha value is -3.49. The fourth-order valence-corrected chi connectivity index (χ4v) is 5.57. The van der Waals surface area contributed by atoms with E-state index in [0.29, 0.717) is 17.6 Å². The summed E-state index contributed by atoms with van der Waals surface area (Å²) in [5.41, 5.74) is -1.01. The minimum absolute atomic E-state index is 0.0134. The maximum Gasteiger partial charge on any atom is 0.388 e. The number of ether oxygens (including phenoxy) is 3. The SMILES string of the molecule is C[C@@]1(O)COc2c(-c3c(-c4cccnc4OC(F)F)c4cccnc4n3COCC[Si](C)(C)C)c(C(F)F)nn2C1. The molecule has 5 heterocycles. The molecule has 9 nitrogen and oxygen atoms in total. The first-order chi connectivity index (χ1) is 19.4. The summed E-state index contributed by atoms with van der Waals surface area (Å²) in [6.07, 6.45) is -0.179. The number of fused-ring (bicyclic) bond motifs is 2. The molecule has 0 saturated carbocycles. The van der Waals surface area contributed by atoms with Crippen molar-refractivity contribution in [3.63, 3.8) is 0 Å². The quantitative estimate of drug-likeness (QED) is 0.138. The number of nitrogens with zero attached hydrogens (tertiary/aromatic N) is 5. The van der Waals surface area contributed by atoms with Gasteiger partial charge in [-0.15, -0.1) is 0 Å². The molecule has 0 unspecified atom stereocenters. The summed E-state index contributed by atoms with van der Waals surface area (Å²) >= 11 is 0. The van der Waals surface area contributed by atoms with Crippen molar-refractivity contribution in [2.24, 2.45) is 0 Å². The van der Waals surface area contributed by atoms with Crippen molar-refractivity contribution in [1.29, 1.82) is 0 Å². The molecule has 14 heteroatoms. The second-order valence-corrected chi connectivity index (χ2v) is 17.0. The standard InChI is InChI=1S/C27H31F4N5O4Si/c1-27(37)13-36-25(39-14-27)19(20(34-36)22(28)29)21-18(17-8-6-10-33-24(17)40-26(30)31)16-7-5-9-32-23(16)35(21)15-38-11-12-41(2,3)4/h5-10,22,26,37H,11-15H2,1-4H3/t27-/m0/s1. The number of aromatic nitrogens is 5. The summed E-state index contributed by atoms with van der Waals surface area (Å²) in [5.74, 6) is -0.366. The molecule has 1 N–H and O–H groups in total. The summed E-state index contributed by atoms with van der Waals surface area (Å²) < 4.78 is 75.6. The zero-order valence-electron chi connectivity index (χ0n) is 23.1. The van der Waals surface area contributed by atoms with Crippen LogP contribution in [0.25, 0.3) is 33.4 Å². The van der Waals surface area contributed by atoms with Gasteiger partial charge < -0.3 is 23.9 Å². The molecule has 1 aliphatic heterocycles. The number of hydrogen-bond donors (Lipinski definition) is 1. The third kappa shape index (κ3) is 5.95. The van der Waals surface area contributed by atoms with Crippen LogP contribution >= 0.6 is 0 Å². The van der Waals surface area contributed by atoms with E-state index in [0.717, 1.165) is 6.04 Å². The molecule has 1 atom stereocenters. The Morgan fingerprint density at radius 3 is 2.54 bits per heavy atom. The molecule has 0 spiro atoms. The molecule has 0 amide bonds. The third-order valence-electron chi connectivity index (χ3n) is 6.66. The molecule has 0 radical (unpaired) electrons. The summed E-state index contributed by atoms with van der Waals surface area (Å²) in [6, 6.07) is 7.29. The van der Waals surface area contributed by atoms with E-state index in [1.807, 2.05) is 0 Å². The predicted octanol–water partition coefficient (Wildman–Crippen LogP) is 5.96. The van der Waals surface area contributed by atoms with Crippen LogP contribution in [0.15, 0.2) is 36.7 Å². The number of aliphatic hydroxyl groups is 1. The van der Waals surface area contributed by atoms with E-state index in [4.69, 9.17) is 14.2 Å². The largest absolute Gasteiger partial charge is 0.474 e. The Labute approximate surface area is 234 Å². The first-order valence-corrected chi connectivity index (χ1v) is 16.8. The van der Waals surface area contributed by atoms with Gasteiger partial charge in [0, 0.05) is 43.6 Å². The minimum atomic E-state index is -3.17. The van der Waals surface area contributed by atoms with E-state index in [1.165, 1.54) is 29.9 Å². The van der Waals surface area contributed by atoms with Crippen molar-refractivity contribution < 1.29 is 36.9 Å². The van der Waals surface area contributed by atoms with Gasteiger partial charge in [0.1, 0.15) is 30.3 Å². The molecule has 0 fully saturated rings. The summed E-state index contributed by atoms with van der Waals surface area (Å²) in [5, 5.41) is 15.2. The van der Waals surface area contributed by atoms with Crippen molar-refractivity contribution in [3.8, 4) is 34.1 Å². The summed E-state index contributed by atoms with van der Waals surface area (Å²) in [6.45, 7) is 5.08. The van der Waals surface area contributed by atoms with Gasteiger partial charge in [-0.2, -0.15) is 13.9 Å². The van der Waals surface area contributed by atoms with Crippen LogP contribution < -0.4 is 9.47 Å². The molecule has 0 aromatic carbocycles. The van der Waals surface area contributed by atoms with Crippen LogP contribution in [0.1, 0.15) is 19.0 Å². The molecule has 5 rings (SSSR count). The monoisotopic (exact) mass is 593 g/mol. The first kappa shape index (κ1) is 29.0. The van der Waals surface area contributed by atoms with Crippen molar-refractivity contribution in [2.45, 2.75) is 64.5 Å². The van der Waals surface area contributed by atoms with Crippen molar-refractivity contribution in [3.05, 3.63) is 42.4 Å². The average Bonchev–Trinajstić information content (AvgIpc) is 3.40. The zero-order chi connectivity index (χ0) is 29.5. The van der Waals surface area contributed by atoms with Crippen LogP contribution in [-0.4, -0.2) is 62.9 Å². The minimum Gasteiger partial charge on any atom is -0.474 e. The van der Waals surface area contributed by atoms with E-state index < -0.39 is 32.4 Å². The van der Waals surface area contributed by atoms with Crippen molar-refractivity contribution in [2.75, 3.05) is 13.2 Å². The van der Waals surface area contributed by atoms with Gasteiger partial charge in [0.15, 0.2) is 0 Å². The highest BCUT2D eigenvalue weighted by molar-refractivity contribution is 6.76. The van der Waals surface area contributed by atoms with Crippen LogP contribution in [0.4, 0.5) is 17.6 Å². The third-order valence-corrected chi connectivity index (χ3v) is 8.37. The molecule has 0 aliphatic carbocycles. The van der Waals surface area contributed by atoms with Gasteiger partial charge in [0.25, 0.3) is 6.43 Å². The topological polar surface area (TPSA) is 96.5 Å². The van der Waals surface area contributed by atoms with Crippen LogP contribution in [0.3, 0.4) is 0 Å². The summed E-state index contributed by atoms with van der Waals surface area (Å²) in [4.78, 5) is 8.52. The van der Waals surface area contributed by atoms with Crippen LogP contribution in [0, 0.1) is 0 Å². The van der Waals surface area contributed by atoms with Gasteiger partial charge in [-0.3, -0.25) is 0 Å². The lowest BCUT2D eigenvalue weighted by molar-refractivity contribution is -0.0524. The van der Waals surface area contributed by atoms with E-state index in [1.54, 1.807) is 22.9 Å². The number of pyridine rings is 2. The van der Waals surface area contributed by atoms with E-state index in [9.17, 15) is 22.7 Å². The lowest BCUT2D eigenvalue weighted by Crippen LogP contribution is -2.41. The van der Waals surface area contributed by atoms with E-state index >= 15 is 0 Å². The van der Waals surface area contributed by atoms with Gasteiger partial charge in [-0.25, -0.2) is 23.4 Å². The average molecular weight is 594 g/mol. The highest BCUT2D eigenvalue weighted by Crippen LogP contribution is 2.49. The fraction of sp³-hybridized carbons (Fsp3) is 0.444. The number of hydrogen-bond acceptors (Lipinski definition) is 7. The highest BCUT2D eigenvalue weighted by atomic mass is 28.3. The normalized spacial score (nSPS) is 17.3. The van der Waals surface area contributed by atoms with Crippen LogP contribution in [0.5, 0.6) is 11.8 Å². The lowest BCUT2D eigenvalue weighted by atomic mass is 9.99. The van der Waals surface area contributed by atoms with Gasteiger partial charge in [-0.1, -0.05) is 19.6 Å².